The summed E-state index contributed by atoms with van der Waals surface area (Å²) in [5.74, 6) is -0.408. The minimum atomic E-state index is -0.222. The molecule has 3 N–H and O–H groups in total. The van der Waals surface area contributed by atoms with Crippen LogP contribution in [0.25, 0.3) is 0 Å². The number of nitrogen functional groups attached to an aromatic ring is 1. The van der Waals surface area contributed by atoms with Gasteiger partial charge < -0.3 is 11.1 Å². The van der Waals surface area contributed by atoms with Crippen LogP contribution >= 0.6 is 0 Å². The zero-order valence-corrected chi connectivity index (χ0v) is 9.69. The molecular weight excluding hydrogens is 218 g/mol. The molecule has 0 bridgehead atoms. The Morgan fingerprint density at radius 3 is 3.00 bits per heavy atom. The van der Waals surface area contributed by atoms with Gasteiger partial charge in [0.15, 0.2) is 0 Å². The summed E-state index contributed by atoms with van der Waals surface area (Å²) in [6.07, 6.45) is 0.248. The minimum absolute atomic E-state index is 0.173. The van der Waals surface area contributed by atoms with E-state index >= 15 is 0 Å². The number of nitrogens with zero attached hydrogens (tertiary/aromatic N) is 1. The molecule has 0 aromatic heterocycles. The van der Waals surface area contributed by atoms with Crippen molar-refractivity contribution in [2.45, 2.75) is 13.3 Å². The fraction of sp³-hybridized carbons (Fsp3) is 0.333. The van der Waals surface area contributed by atoms with Crippen LogP contribution < -0.4 is 16.0 Å². The largest absolute Gasteiger partial charge is 0.399 e. The summed E-state index contributed by atoms with van der Waals surface area (Å²) in [6, 6.07) is 5.16. The van der Waals surface area contributed by atoms with Crippen LogP contribution in [0.3, 0.4) is 0 Å². The van der Waals surface area contributed by atoms with Crippen LogP contribution in [0.1, 0.15) is 12.5 Å². The number of likely N-dealkylation sites (N-methyl/N-ethyl adjacent to an activating group) is 1. The molecule has 1 heterocycles. The molecule has 1 aromatic rings. The van der Waals surface area contributed by atoms with E-state index in [1.807, 2.05) is 6.92 Å². The average Bonchev–Trinajstić information content (AvgIpc) is 2.61. The van der Waals surface area contributed by atoms with Crippen molar-refractivity contribution in [1.29, 1.82) is 0 Å². The summed E-state index contributed by atoms with van der Waals surface area (Å²) in [6.45, 7) is 2.78. The maximum atomic E-state index is 11.9. The Morgan fingerprint density at radius 1 is 1.53 bits per heavy atom. The van der Waals surface area contributed by atoms with E-state index in [1.54, 1.807) is 18.2 Å². The monoisotopic (exact) mass is 233 g/mol. The van der Waals surface area contributed by atoms with Gasteiger partial charge in [-0.05, 0) is 30.3 Å². The van der Waals surface area contributed by atoms with E-state index in [4.69, 9.17) is 5.73 Å². The fourth-order valence-electron chi connectivity index (χ4n) is 1.93. The summed E-state index contributed by atoms with van der Waals surface area (Å²) < 4.78 is 0. The van der Waals surface area contributed by atoms with E-state index in [-0.39, 0.29) is 24.8 Å². The van der Waals surface area contributed by atoms with Crippen molar-refractivity contribution in [1.82, 2.24) is 5.32 Å². The number of carbonyl (C=O) groups excluding carboxylic acids is 2. The van der Waals surface area contributed by atoms with E-state index in [1.165, 1.54) is 4.90 Å². The number of carbonyl (C=O) groups is 2. The molecule has 2 amide bonds. The predicted molar refractivity (Wildman–Crippen MR) is 65.6 cm³/mol. The Morgan fingerprint density at radius 2 is 2.29 bits per heavy atom. The first kappa shape index (κ1) is 11.6. The highest BCUT2D eigenvalue weighted by atomic mass is 16.2. The topological polar surface area (TPSA) is 75.4 Å². The lowest BCUT2D eigenvalue weighted by atomic mass is 10.1. The van der Waals surface area contributed by atoms with Gasteiger partial charge in [0, 0.05) is 5.69 Å². The smallest absolute Gasteiger partial charge is 0.247 e. The van der Waals surface area contributed by atoms with Gasteiger partial charge in [-0.1, -0.05) is 6.92 Å². The number of nitrogens with two attached hydrogens (primary N) is 1. The van der Waals surface area contributed by atoms with Crippen LogP contribution in [0.4, 0.5) is 11.4 Å². The van der Waals surface area contributed by atoms with Crippen molar-refractivity contribution in [3.63, 3.8) is 0 Å². The summed E-state index contributed by atoms with van der Waals surface area (Å²) in [5, 5.41) is 2.92. The van der Waals surface area contributed by atoms with Gasteiger partial charge in [0.25, 0.3) is 0 Å². The summed E-state index contributed by atoms with van der Waals surface area (Å²) >= 11 is 0. The third-order valence-electron chi connectivity index (χ3n) is 2.71. The second-order valence-corrected chi connectivity index (χ2v) is 3.97. The van der Waals surface area contributed by atoms with Crippen LogP contribution in [0.15, 0.2) is 18.2 Å². The van der Waals surface area contributed by atoms with Gasteiger partial charge in [0.05, 0.1) is 18.7 Å². The van der Waals surface area contributed by atoms with Crippen molar-refractivity contribution in [3.05, 3.63) is 23.8 Å². The van der Waals surface area contributed by atoms with Gasteiger partial charge in [0.2, 0.25) is 11.8 Å². The minimum Gasteiger partial charge on any atom is -0.399 e. The molecule has 0 spiro atoms. The molecule has 1 aliphatic rings. The fourth-order valence-corrected chi connectivity index (χ4v) is 1.93. The number of hydrogen-bond donors (Lipinski definition) is 2. The second kappa shape index (κ2) is 4.55. The standard InChI is InChI=1S/C12H15N3O2/c1-2-14-7-12(17)15-10-4-3-9(13)5-8(10)6-11(15)16/h3-5,14H,2,6-7,13H2,1H3. The lowest BCUT2D eigenvalue weighted by molar-refractivity contribution is -0.125. The van der Waals surface area contributed by atoms with Crippen molar-refractivity contribution < 1.29 is 9.59 Å². The third kappa shape index (κ3) is 2.14. The zero-order valence-electron chi connectivity index (χ0n) is 9.69. The Kier molecular flexibility index (Phi) is 3.10. The molecule has 17 heavy (non-hydrogen) atoms. The van der Waals surface area contributed by atoms with Gasteiger partial charge in [-0.2, -0.15) is 0 Å². The molecule has 0 aliphatic carbocycles. The number of rotatable bonds is 3. The van der Waals surface area contributed by atoms with Crippen LogP contribution in [0.2, 0.25) is 0 Å². The summed E-state index contributed by atoms with van der Waals surface area (Å²) in [7, 11) is 0. The van der Waals surface area contributed by atoms with E-state index < -0.39 is 0 Å². The molecule has 0 atom stereocenters. The number of hydrogen-bond acceptors (Lipinski definition) is 4. The van der Waals surface area contributed by atoms with Crippen LogP contribution in [-0.2, 0) is 16.0 Å². The number of anilines is 2. The lowest BCUT2D eigenvalue weighted by Crippen LogP contribution is -2.40. The number of fused-ring (bicyclic) bond motifs is 1. The van der Waals surface area contributed by atoms with Crippen LogP contribution in [0.5, 0.6) is 0 Å². The van der Waals surface area contributed by atoms with Crippen molar-refractivity contribution in [2.24, 2.45) is 0 Å². The predicted octanol–water partition coefficient (Wildman–Crippen LogP) is 0.294. The number of benzene rings is 1. The van der Waals surface area contributed by atoms with Gasteiger partial charge in [-0.15, -0.1) is 0 Å². The number of imide groups is 1. The Hall–Kier alpha value is -1.88. The van der Waals surface area contributed by atoms with Crippen molar-refractivity contribution in [3.8, 4) is 0 Å². The molecule has 2 rings (SSSR count). The first-order valence-electron chi connectivity index (χ1n) is 5.58. The van der Waals surface area contributed by atoms with E-state index in [0.29, 0.717) is 17.9 Å². The SMILES string of the molecule is CCNCC(=O)N1C(=O)Cc2cc(N)ccc21. The van der Waals surface area contributed by atoms with E-state index in [9.17, 15) is 9.59 Å². The molecule has 0 saturated carbocycles. The molecule has 0 saturated heterocycles. The Bertz CT molecular complexity index is 471. The molecule has 5 heteroatoms. The van der Waals surface area contributed by atoms with E-state index in [0.717, 1.165) is 5.56 Å². The summed E-state index contributed by atoms with van der Waals surface area (Å²) in [4.78, 5) is 24.9. The molecule has 90 valence electrons. The van der Waals surface area contributed by atoms with Gasteiger partial charge in [-0.3, -0.25) is 9.59 Å². The zero-order chi connectivity index (χ0) is 12.4. The maximum absolute atomic E-state index is 11.9. The first-order valence-corrected chi connectivity index (χ1v) is 5.58. The molecule has 0 fully saturated rings. The molecule has 5 nitrogen and oxygen atoms in total. The van der Waals surface area contributed by atoms with E-state index in [2.05, 4.69) is 5.32 Å². The molecule has 0 radical (unpaired) electrons. The highest BCUT2D eigenvalue weighted by Gasteiger charge is 2.31. The number of nitrogens with one attached hydrogen (secondary N) is 1. The quantitative estimate of drug-likeness (QED) is 0.736. The van der Waals surface area contributed by atoms with Crippen molar-refractivity contribution in [2.75, 3.05) is 23.7 Å². The molecular formula is C12H15N3O2. The third-order valence-corrected chi connectivity index (χ3v) is 2.71. The Labute approximate surface area is 99.6 Å². The van der Waals surface area contributed by atoms with Crippen molar-refractivity contribution >= 4 is 23.2 Å². The highest BCUT2D eigenvalue weighted by Crippen LogP contribution is 2.30. The molecule has 1 aliphatic heterocycles. The maximum Gasteiger partial charge on any atom is 0.247 e. The highest BCUT2D eigenvalue weighted by molar-refractivity contribution is 6.19. The second-order valence-electron chi connectivity index (χ2n) is 3.97. The number of amides is 2. The summed E-state index contributed by atoms with van der Waals surface area (Å²) in [5.41, 5.74) is 7.74. The van der Waals surface area contributed by atoms with Crippen LogP contribution in [0, 0.1) is 0 Å². The van der Waals surface area contributed by atoms with Gasteiger partial charge in [0.1, 0.15) is 0 Å². The average molecular weight is 233 g/mol. The molecule has 0 unspecified atom stereocenters. The first-order chi connectivity index (χ1) is 8.13. The lowest BCUT2D eigenvalue weighted by Gasteiger charge is -2.15. The Balaban J connectivity index is 2.25. The molecule has 1 aromatic carbocycles. The van der Waals surface area contributed by atoms with Gasteiger partial charge in [-0.25, -0.2) is 4.90 Å². The normalized spacial score (nSPS) is 13.9. The van der Waals surface area contributed by atoms with Crippen LogP contribution in [-0.4, -0.2) is 24.9 Å². The van der Waals surface area contributed by atoms with Gasteiger partial charge >= 0.3 is 0 Å².